The number of alkyl halides is 3. The molecule has 0 radical (unpaired) electrons. The Bertz CT molecular complexity index is 1210. The van der Waals surface area contributed by atoms with Gasteiger partial charge in [0.25, 0.3) is 5.91 Å². The van der Waals surface area contributed by atoms with E-state index in [1.807, 2.05) is 6.07 Å². The van der Waals surface area contributed by atoms with E-state index in [-0.39, 0.29) is 10.7 Å². The normalized spacial score (nSPS) is 16.4. The Balaban J connectivity index is 1.59. The van der Waals surface area contributed by atoms with Crippen molar-refractivity contribution in [2.75, 3.05) is 5.32 Å². The first kappa shape index (κ1) is 24.3. The summed E-state index contributed by atoms with van der Waals surface area (Å²) in [6.45, 7) is 2.16. The molecule has 0 fully saturated rings. The zero-order chi connectivity index (χ0) is 24.5. The van der Waals surface area contributed by atoms with E-state index >= 15 is 0 Å². The molecule has 1 N–H and O–H groups in total. The number of carbonyl (C=O) groups excluding carboxylic acids is 2. The molecule has 2 aromatic carbocycles. The van der Waals surface area contributed by atoms with Crippen LogP contribution >= 0.6 is 22.9 Å². The van der Waals surface area contributed by atoms with Gasteiger partial charge in [-0.15, -0.1) is 11.3 Å². The summed E-state index contributed by atoms with van der Waals surface area (Å²) in [6, 6.07) is 12.7. The van der Waals surface area contributed by atoms with E-state index in [9.17, 15) is 22.8 Å². The SMILES string of the molecule is CC1CCc2sc(C(=O)OC(C(=O)Nc3cc(C(F)(F)F)ccc3Cl)c3ccccc3)cc2C1. The molecular weight excluding hydrogens is 487 g/mol. The van der Waals surface area contributed by atoms with Gasteiger partial charge in [0.2, 0.25) is 6.10 Å². The minimum Gasteiger partial charge on any atom is -0.443 e. The molecule has 1 aliphatic rings. The van der Waals surface area contributed by atoms with Crippen LogP contribution in [0.3, 0.4) is 0 Å². The van der Waals surface area contributed by atoms with Crippen molar-refractivity contribution in [3.8, 4) is 0 Å². The minimum atomic E-state index is -4.61. The van der Waals surface area contributed by atoms with Gasteiger partial charge in [-0.25, -0.2) is 4.79 Å². The second-order valence-corrected chi connectivity index (χ2v) is 9.83. The topological polar surface area (TPSA) is 55.4 Å². The number of amides is 1. The van der Waals surface area contributed by atoms with Crippen molar-refractivity contribution in [1.29, 1.82) is 0 Å². The van der Waals surface area contributed by atoms with Crippen LogP contribution in [0.15, 0.2) is 54.6 Å². The fourth-order valence-electron chi connectivity index (χ4n) is 3.87. The summed E-state index contributed by atoms with van der Waals surface area (Å²) in [7, 11) is 0. The molecule has 1 aliphatic carbocycles. The molecule has 178 valence electrons. The minimum absolute atomic E-state index is 0.0699. The number of fused-ring (bicyclic) bond motifs is 1. The molecule has 4 rings (SSSR count). The third kappa shape index (κ3) is 5.45. The zero-order valence-electron chi connectivity index (χ0n) is 18.1. The van der Waals surface area contributed by atoms with Crippen molar-refractivity contribution in [2.24, 2.45) is 5.92 Å². The van der Waals surface area contributed by atoms with Crippen molar-refractivity contribution in [2.45, 2.75) is 38.5 Å². The molecule has 0 spiro atoms. The van der Waals surface area contributed by atoms with Crippen LogP contribution in [0.25, 0.3) is 0 Å². The maximum atomic E-state index is 13.1. The van der Waals surface area contributed by atoms with Crippen LogP contribution in [0.2, 0.25) is 5.02 Å². The molecule has 4 nitrogen and oxygen atoms in total. The van der Waals surface area contributed by atoms with Gasteiger partial charge in [-0.2, -0.15) is 13.2 Å². The second-order valence-electron chi connectivity index (χ2n) is 8.28. The predicted molar refractivity (Wildman–Crippen MR) is 125 cm³/mol. The lowest BCUT2D eigenvalue weighted by Gasteiger charge is -2.19. The summed E-state index contributed by atoms with van der Waals surface area (Å²) < 4.78 is 44.9. The molecule has 0 aliphatic heterocycles. The molecule has 1 heterocycles. The van der Waals surface area contributed by atoms with Crippen LogP contribution < -0.4 is 5.32 Å². The van der Waals surface area contributed by atoms with Crippen LogP contribution in [0, 0.1) is 5.92 Å². The lowest BCUT2D eigenvalue weighted by molar-refractivity contribution is -0.137. The number of ether oxygens (including phenoxy) is 1. The highest BCUT2D eigenvalue weighted by Gasteiger charge is 2.32. The Hall–Kier alpha value is -2.84. The number of aryl methyl sites for hydroxylation is 1. The van der Waals surface area contributed by atoms with Crippen LogP contribution in [0.1, 0.15) is 50.7 Å². The molecule has 3 aromatic rings. The number of anilines is 1. The molecule has 2 unspecified atom stereocenters. The number of thiophene rings is 1. The lowest BCUT2D eigenvalue weighted by atomic mass is 9.90. The summed E-state index contributed by atoms with van der Waals surface area (Å²) in [6.07, 6.45) is -3.15. The monoisotopic (exact) mass is 507 g/mol. The maximum absolute atomic E-state index is 13.1. The number of hydrogen-bond acceptors (Lipinski definition) is 4. The highest BCUT2D eigenvalue weighted by atomic mass is 35.5. The van der Waals surface area contributed by atoms with E-state index in [1.165, 1.54) is 11.3 Å². The molecule has 0 bridgehead atoms. The van der Waals surface area contributed by atoms with Crippen molar-refractivity contribution < 1.29 is 27.5 Å². The van der Waals surface area contributed by atoms with Gasteiger partial charge < -0.3 is 10.1 Å². The summed E-state index contributed by atoms with van der Waals surface area (Å²) >= 11 is 7.38. The predicted octanol–water partition coefficient (Wildman–Crippen LogP) is 7.08. The fourth-order valence-corrected chi connectivity index (χ4v) is 5.12. The number of carbonyl (C=O) groups is 2. The van der Waals surface area contributed by atoms with Crippen molar-refractivity contribution in [1.82, 2.24) is 0 Å². The average Bonchev–Trinajstić information content (AvgIpc) is 3.22. The van der Waals surface area contributed by atoms with Crippen LogP contribution in [0.4, 0.5) is 18.9 Å². The Labute approximate surface area is 203 Å². The van der Waals surface area contributed by atoms with Crippen molar-refractivity contribution in [3.63, 3.8) is 0 Å². The number of hydrogen-bond donors (Lipinski definition) is 1. The summed E-state index contributed by atoms with van der Waals surface area (Å²) in [5, 5.41) is 2.32. The van der Waals surface area contributed by atoms with Gasteiger partial charge in [0.15, 0.2) is 0 Å². The summed E-state index contributed by atoms with van der Waals surface area (Å²) in [5.41, 5.74) is 0.316. The molecule has 9 heteroatoms. The molecule has 34 heavy (non-hydrogen) atoms. The zero-order valence-corrected chi connectivity index (χ0v) is 19.7. The standard InChI is InChI=1S/C25H21ClF3NO3S/c1-14-7-10-20-16(11-14)12-21(34-20)24(32)33-22(15-5-3-2-4-6-15)23(31)30-19-13-17(25(27,28)29)8-9-18(19)26/h2-6,8-9,12-14,22H,7,10-11H2,1H3,(H,30,31). The molecule has 0 saturated carbocycles. The maximum Gasteiger partial charge on any atom is 0.416 e. The summed E-state index contributed by atoms with van der Waals surface area (Å²) in [5.74, 6) is -0.937. The second kappa shape index (κ2) is 9.80. The Kier molecular flexibility index (Phi) is 7.00. The summed E-state index contributed by atoms with van der Waals surface area (Å²) in [4.78, 5) is 27.6. The van der Waals surface area contributed by atoms with Crippen LogP contribution in [0.5, 0.6) is 0 Å². The fraction of sp³-hybridized carbons (Fsp3) is 0.280. The van der Waals surface area contributed by atoms with Gasteiger partial charge in [0, 0.05) is 10.4 Å². The number of benzene rings is 2. The first-order valence-corrected chi connectivity index (χ1v) is 11.9. The Morgan fingerprint density at radius 2 is 1.88 bits per heavy atom. The van der Waals surface area contributed by atoms with Crippen molar-refractivity contribution >= 4 is 40.5 Å². The molecule has 1 aromatic heterocycles. The van der Waals surface area contributed by atoms with E-state index in [2.05, 4.69) is 12.2 Å². The molecular formula is C25H21ClF3NO3S. The highest BCUT2D eigenvalue weighted by Crippen LogP contribution is 2.35. The molecule has 0 saturated heterocycles. The molecule has 1 amide bonds. The van der Waals surface area contributed by atoms with E-state index in [0.29, 0.717) is 16.4 Å². The number of rotatable bonds is 5. The van der Waals surface area contributed by atoms with Gasteiger partial charge in [-0.1, -0.05) is 48.9 Å². The third-order valence-electron chi connectivity index (χ3n) is 5.65. The first-order valence-electron chi connectivity index (χ1n) is 10.7. The highest BCUT2D eigenvalue weighted by molar-refractivity contribution is 7.14. The third-order valence-corrected chi connectivity index (χ3v) is 7.19. The van der Waals surface area contributed by atoms with E-state index < -0.39 is 29.7 Å². The van der Waals surface area contributed by atoms with Gasteiger partial charge in [0.05, 0.1) is 16.3 Å². The van der Waals surface area contributed by atoms with Crippen molar-refractivity contribution in [3.05, 3.63) is 86.1 Å². The van der Waals surface area contributed by atoms with E-state index in [1.54, 1.807) is 30.3 Å². The van der Waals surface area contributed by atoms with Gasteiger partial charge in [-0.05, 0) is 55.0 Å². The number of halogens is 4. The lowest BCUT2D eigenvalue weighted by Crippen LogP contribution is -2.26. The smallest absolute Gasteiger partial charge is 0.416 e. The molecule has 2 atom stereocenters. The van der Waals surface area contributed by atoms with Crippen LogP contribution in [-0.4, -0.2) is 11.9 Å². The van der Waals surface area contributed by atoms with Gasteiger partial charge in [-0.3, -0.25) is 4.79 Å². The largest absolute Gasteiger partial charge is 0.443 e. The number of nitrogens with one attached hydrogen (secondary N) is 1. The van der Waals surface area contributed by atoms with E-state index in [0.717, 1.165) is 47.9 Å². The van der Waals surface area contributed by atoms with Gasteiger partial charge in [0.1, 0.15) is 4.88 Å². The first-order chi connectivity index (χ1) is 16.1. The Morgan fingerprint density at radius 1 is 1.15 bits per heavy atom. The quantitative estimate of drug-likeness (QED) is 0.375. The number of esters is 1. The average molecular weight is 508 g/mol. The van der Waals surface area contributed by atoms with E-state index in [4.69, 9.17) is 16.3 Å². The Morgan fingerprint density at radius 3 is 2.59 bits per heavy atom. The van der Waals surface area contributed by atoms with Crippen LogP contribution in [-0.2, 0) is 28.5 Å². The van der Waals surface area contributed by atoms with Gasteiger partial charge >= 0.3 is 12.1 Å².